The fourth-order valence-electron chi connectivity index (χ4n) is 1.47. The van der Waals surface area contributed by atoms with Crippen LogP contribution in [-0.4, -0.2) is 17.1 Å². The maximum Gasteiger partial charge on any atom is 0.142 e. The van der Waals surface area contributed by atoms with E-state index >= 15 is 0 Å². The number of aromatic nitrogens is 2. The average Bonchev–Trinajstić information content (AvgIpc) is 2.75. The monoisotopic (exact) mass is 235 g/mol. The summed E-state index contributed by atoms with van der Waals surface area (Å²) < 4.78 is 5.24. The number of thiazole rings is 1. The summed E-state index contributed by atoms with van der Waals surface area (Å²) in [6, 6.07) is 3.41. The highest BCUT2D eigenvalue weighted by molar-refractivity contribution is 7.11. The normalized spacial score (nSPS) is 12.4. The lowest BCUT2D eigenvalue weighted by Gasteiger charge is -2.12. The Morgan fingerprint density at radius 1 is 1.44 bits per heavy atom. The van der Waals surface area contributed by atoms with E-state index in [1.165, 1.54) is 0 Å². The van der Waals surface area contributed by atoms with E-state index in [0.717, 1.165) is 15.6 Å². The Labute approximate surface area is 98.1 Å². The van der Waals surface area contributed by atoms with Crippen LogP contribution in [0.25, 0.3) is 0 Å². The molecule has 0 amide bonds. The van der Waals surface area contributed by atoms with E-state index < -0.39 is 0 Å². The molecular weight excluding hydrogens is 222 g/mol. The lowest BCUT2D eigenvalue weighted by Crippen LogP contribution is -2.13. The van der Waals surface area contributed by atoms with E-state index in [0.29, 0.717) is 5.75 Å². The zero-order chi connectivity index (χ0) is 11.5. The minimum Gasteiger partial charge on any atom is -0.495 e. The Morgan fingerprint density at radius 3 is 2.88 bits per heavy atom. The lowest BCUT2D eigenvalue weighted by molar-refractivity contribution is 0.405. The second kappa shape index (κ2) is 4.59. The molecule has 0 saturated carbocycles. The summed E-state index contributed by atoms with van der Waals surface area (Å²) in [7, 11) is 1.62. The molecule has 84 valence electrons. The van der Waals surface area contributed by atoms with E-state index in [9.17, 15) is 0 Å². The van der Waals surface area contributed by atoms with Crippen molar-refractivity contribution in [3.63, 3.8) is 0 Å². The molecule has 4 nitrogen and oxygen atoms in total. The predicted octanol–water partition coefficient (Wildman–Crippen LogP) is 1.90. The fraction of sp³-hybridized carbons (Fsp3) is 0.273. The van der Waals surface area contributed by atoms with Gasteiger partial charge in [-0.15, -0.1) is 11.3 Å². The molecule has 5 heteroatoms. The van der Waals surface area contributed by atoms with Crippen LogP contribution < -0.4 is 10.5 Å². The van der Waals surface area contributed by atoms with Gasteiger partial charge in [-0.05, 0) is 19.1 Å². The minimum absolute atomic E-state index is 0.276. The molecule has 0 aromatic carbocycles. The minimum atomic E-state index is -0.276. The van der Waals surface area contributed by atoms with Gasteiger partial charge < -0.3 is 10.5 Å². The molecule has 2 rings (SSSR count). The Bertz CT molecular complexity index is 484. The van der Waals surface area contributed by atoms with E-state index in [-0.39, 0.29) is 6.04 Å². The summed E-state index contributed by atoms with van der Waals surface area (Å²) in [5, 5.41) is 1.00. The number of pyridine rings is 1. The summed E-state index contributed by atoms with van der Waals surface area (Å²) in [4.78, 5) is 9.45. The van der Waals surface area contributed by atoms with Gasteiger partial charge in [0, 0.05) is 17.3 Å². The lowest BCUT2D eigenvalue weighted by atomic mass is 10.1. The number of ether oxygens (including phenoxy) is 1. The maximum atomic E-state index is 6.13. The van der Waals surface area contributed by atoms with Crippen LogP contribution in [0, 0.1) is 6.92 Å². The summed E-state index contributed by atoms with van der Waals surface area (Å²) >= 11 is 1.58. The molecule has 1 unspecified atom stereocenters. The third-order valence-corrected chi connectivity index (χ3v) is 3.26. The third-order valence-electron chi connectivity index (χ3n) is 2.26. The number of nitrogens with two attached hydrogens (primary N) is 1. The number of aryl methyl sites for hydroxylation is 1. The van der Waals surface area contributed by atoms with E-state index in [2.05, 4.69) is 9.97 Å². The van der Waals surface area contributed by atoms with Crippen molar-refractivity contribution >= 4 is 11.3 Å². The number of hydrogen-bond acceptors (Lipinski definition) is 5. The van der Waals surface area contributed by atoms with Crippen LogP contribution in [0.3, 0.4) is 0 Å². The van der Waals surface area contributed by atoms with Gasteiger partial charge in [0.2, 0.25) is 0 Å². The van der Waals surface area contributed by atoms with Gasteiger partial charge in [-0.25, -0.2) is 4.98 Å². The molecule has 1 atom stereocenters. The Morgan fingerprint density at radius 2 is 2.25 bits per heavy atom. The number of nitrogens with zero attached hydrogens (tertiary/aromatic N) is 2. The molecule has 0 spiro atoms. The largest absolute Gasteiger partial charge is 0.495 e. The number of hydrogen-bond donors (Lipinski definition) is 1. The van der Waals surface area contributed by atoms with Gasteiger partial charge >= 0.3 is 0 Å². The molecule has 2 aromatic heterocycles. The Hall–Kier alpha value is -1.46. The Kier molecular flexibility index (Phi) is 3.17. The highest BCUT2D eigenvalue weighted by atomic mass is 32.1. The number of methoxy groups -OCH3 is 1. The van der Waals surface area contributed by atoms with Crippen LogP contribution in [-0.2, 0) is 0 Å². The van der Waals surface area contributed by atoms with Crippen LogP contribution >= 0.6 is 11.3 Å². The molecule has 0 radical (unpaired) electrons. The Balaban J connectivity index is 2.36. The fourth-order valence-corrected chi connectivity index (χ4v) is 2.26. The summed E-state index contributed by atoms with van der Waals surface area (Å²) in [6.07, 6.45) is 3.50. The second-order valence-corrected chi connectivity index (χ2v) is 4.62. The molecule has 0 bridgehead atoms. The summed E-state index contributed by atoms with van der Waals surface area (Å²) in [5.41, 5.74) is 6.88. The first-order chi connectivity index (χ1) is 7.72. The van der Waals surface area contributed by atoms with Crippen molar-refractivity contribution in [1.82, 2.24) is 9.97 Å². The first-order valence-electron chi connectivity index (χ1n) is 4.89. The molecule has 0 aliphatic carbocycles. The quantitative estimate of drug-likeness (QED) is 0.882. The van der Waals surface area contributed by atoms with Crippen LogP contribution in [0.5, 0.6) is 5.75 Å². The van der Waals surface area contributed by atoms with Gasteiger partial charge in [0.05, 0.1) is 18.2 Å². The third kappa shape index (κ3) is 2.05. The van der Waals surface area contributed by atoms with Crippen molar-refractivity contribution in [3.05, 3.63) is 40.1 Å². The van der Waals surface area contributed by atoms with Gasteiger partial charge in [-0.3, -0.25) is 4.98 Å². The van der Waals surface area contributed by atoms with Crippen molar-refractivity contribution in [1.29, 1.82) is 0 Å². The maximum absolute atomic E-state index is 6.13. The molecule has 2 N–H and O–H groups in total. The summed E-state index contributed by atoms with van der Waals surface area (Å²) in [6.45, 7) is 1.95. The van der Waals surface area contributed by atoms with Crippen LogP contribution in [0.15, 0.2) is 24.5 Å². The molecule has 0 aliphatic rings. The molecule has 16 heavy (non-hydrogen) atoms. The standard InChI is InChI=1S/C11H13N3OS/c1-7-14-6-9(16-7)10(12)11-8(15-2)4-3-5-13-11/h3-6,10H,12H2,1-2H3. The predicted molar refractivity (Wildman–Crippen MR) is 63.7 cm³/mol. The first kappa shape index (κ1) is 11.0. The van der Waals surface area contributed by atoms with E-state index in [1.54, 1.807) is 30.8 Å². The summed E-state index contributed by atoms with van der Waals surface area (Å²) in [5.74, 6) is 0.709. The molecule has 0 saturated heterocycles. The van der Waals surface area contributed by atoms with Gasteiger partial charge in [0.15, 0.2) is 0 Å². The van der Waals surface area contributed by atoms with Gasteiger partial charge in [-0.1, -0.05) is 0 Å². The van der Waals surface area contributed by atoms with E-state index in [1.807, 2.05) is 19.1 Å². The second-order valence-electron chi connectivity index (χ2n) is 3.35. The molecular formula is C11H13N3OS. The topological polar surface area (TPSA) is 61.0 Å². The van der Waals surface area contributed by atoms with Crippen LogP contribution in [0.1, 0.15) is 21.6 Å². The van der Waals surface area contributed by atoms with Crippen molar-refractivity contribution in [2.24, 2.45) is 5.73 Å². The molecule has 0 aliphatic heterocycles. The smallest absolute Gasteiger partial charge is 0.142 e. The highest BCUT2D eigenvalue weighted by Gasteiger charge is 2.17. The van der Waals surface area contributed by atoms with Gasteiger partial charge in [0.1, 0.15) is 11.4 Å². The van der Waals surface area contributed by atoms with Crippen molar-refractivity contribution in [2.75, 3.05) is 7.11 Å². The molecule has 0 fully saturated rings. The van der Waals surface area contributed by atoms with E-state index in [4.69, 9.17) is 10.5 Å². The first-order valence-corrected chi connectivity index (χ1v) is 5.71. The van der Waals surface area contributed by atoms with Crippen LogP contribution in [0.2, 0.25) is 0 Å². The van der Waals surface area contributed by atoms with Crippen molar-refractivity contribution in [2.45, 2.75) is 13.0 Å². The van der Waals surface area contributed by atoms with Crippen molar-refractivity contribution < 1.29 is 4.74 Å². The number of rotatable bonds is 3. The highest BCUT2D eigenvalue weighted by Crippen LogP contribution is 2.28. The zero-order valence-corrected chi connectivity index (χ0v) is 9.99. The van der Waals surface area contributed by atoms with Crippen LogP contribution in [0.4, 0.5) is 0 Å². The van der Waals surface area contributed by atoms with Gasteiger partial charge in [0.25, 0.3) is 0 Å². The average molecular weight is 235 g/mol. The van der Waals surface area contributed by atoms with Gasteiger partial charge in [-0.2, -0.15) is 0 Å². The molecule has 2 aromatic rings. The molecule has 2 heterocycles. The zero-order valence-electron chi connectivity index (χ0n) is 9.18. The van der Waals surface area contributed by atoms with Crippen molar-refractivity contribution in [3.8, 4) is 5.75 Å². The SMILES string of the molecule is COc1cccnc1C(N)c1cnc(C)s1.